The van der Waals surface area contributed by atoms with Crippen molar-refractivity contribution in [2.45, 2.75) is 40.5 Å². The second-order valence-corrected chi connectivity index (χ2v) is 1.63. The Bertz CT molecular complexity index is 44.1. The van der Waals surface area contributed by atoms with Gasteiger partial charge in [-0.05, 0) is 0 Å². The van der Waals surface area contributed by atoms with Crippen LogP contribution in [0.4, 0.5) is 0 Å². The predicted octanol–water partition coefficient (Wildman–Crippen LogP) is -2.66. The summed E-state index contributed by atoms with van der Waals surface area (Å²) in [4.78, 5) is 0. The van der Waals surface area contributed by atoms with E-state index >= 15 is 0 Å². The molecule has 0 aromatic heterocycles. The van der Waals surface area contributed by atoms with E-state index in [1.54, 1.807) is 0 Å². The fourth-order valence-electron chi connectivity index (χ4n) is 0. The molecule has 0 radical (unpaired) electrons. The van der Waals surface area contributed by atoms with Gasteiger partial charge in [0.15, 0.2) is 0 Å². The van der Waals surface area contributed by atoms with Gasteiger partial charge in [0, 0.05) is 0 Å². The van der Waals surface area contributed by atoms with Gasteiger partial charge in [0.25, 0.3) is 0 Å². The molecule has 0 heterocycles. The standard InChI is InChI=1S/2C4H9.CN.Cu.2Li/c2*1-3-4-2;1-2;;;/h2*3H,4H2,1-2H3;;;;/q3*-1;3*+1. The molecule has 0 unspecified atom stereocenters. The van der Waals surface area contributed by atoms with Crippen molar-refractivity contribution in [3.05, 3.63) is 19.4 Å². The van der Waals surface area contributed by atoms with E-state index in [1.807, 2.05) is 0 Å². The Morgan fingerprint density at radius 2 is 1.00 bits per heavy atom. The fraction of sp³-hybridized carbons (Fsp3) is 0.667. The Hall–Kier alpha value is 1.20. The zero-order chi connectivity index (χ0) is 8.83. The summed E-state index contributed by atoms with van der Waals surface area (Å²) < 4.78 is 0. The molecule has 72 valence electrons. The minimum absolute atomic E-state index is 0. The maximum Gasteiger partial charge on any atom is 1.00 e. The largest absolute Gasteiger partial charge is 1.00 e. The third kappa shape index (κ3) is 161. The Morgan fingerprint density at radius 1 is 0.923 bits per heavy atom. The van der Waals surface area contributed by atoms with Crippen LogP contribution < -0.4 is 37.7 Å². The SMILES string of the molecule is C[CH-]CC.C[CH-]CC.[C-]#N.[Cu+].[Li+].[Li+]. The monoisotopic (exact) mass is 217 g/mol. The van der Waals surface area contributed by atoms with E-state index in [9.17, 15) is 0 Å². The van der Waals surface area contributed by atoms with Crippen molar-refractivity contribution in [1.29, 1.82) is 5.26 Å². The van der Waals surface area contributed by atoms with E-state index in [4.69, 9.17) is 11.8 Å². The molecule has 0 amide bonds. The van der Waals surface area contributed by atoms with Crippen LogP contribution in [0.15, 0.2) is 0 Å². The van der Waals surface area contributed by atoms with Crippen molar-refractivity contribution in [3.8, 4) is 0 Å². The van der Waals surface area contributed by atoms with Crippen molar-refractivity contribution in [1.82, 2.24) is 0 Å². The summed E-state index contributed by atoms with van der Waals surface area (Å²) in [5.74, 6) is 0. The smallest absolute Gasteiger partial charge is 0.512 e. The average Bonchev–Trinajstić information content (AvgIpc) is 2.08. The average molecular weight is 218 g/mol. The molecule has 0 N–H and O–H groups in total. The summed E-state index contributed by atoms with van der Waals surface area (Å²) in [6, 6.07) is 0. The Morgan fingerprint density at radius 3 is 1.00 bits per heavy atom. The minimum Gasteiger partial charge on any atom is -0.512 e. The van der Waals surface area contributed by atoms with Crippen molar-refractivity contribution in [2.24, 2.45) is 0 Å². The van der Waals surface area contributed by atoms with Crippen LogP contribution in [0.2, 0.25) is 0 Å². The minimum atomic E-state index is 0. The molecule has 0 fully saturated rings. The van der Waals surface area contributed by atoms with Gasteiger partial charge in [-0.25, -0.2) is 0 Å². The van der Waals surface area contributed by atoms with Gasteiger partial charge in [0.1, 0.15) is 0 Å². The maximum absolute atomic E-state index is 6.25. The summed E-state index contributed by atoms with van der Waals surface area (Å²) in [6.45, 7) is 13.1. The molecule has 0 saturated carbocycles. The fourth-order valence-corrected chi connectivity index (χ4v) is 0. The maximum atomic E-state index is 6.25. The van der Waals surface area contributed by atoms with E-state index in [-0.39, 0.29) is 54.8 Å². The molecule has 1 nitrogen and oxygen atoms in total. The molecule has 0 rings (SSSR count). The van der Waals surface area contributed by atoms with Gasteiger partial charge in [-0.1, -0.05) is 13.8 Å². The van der Waals surface area contributed by atoms with Gasteiger partial charge < -0.3 is 24.7 Å². The van der Waals surface area contributed by atoms with Gasteiger partial charge in [-0.15, -0.1) is 0 Å². The molecule has 0 aliphatic rings. The second kappa shape index (κ2) is 72.6. The molecule has 4 heteroatoms. The van der Waals surface area contributed by atoms with E-state index < -0.39 is 0 Å². The Balaban J connectivity index is -0.0000000133. The second-order valence-electron chi connectivity index (χ2n) is 1.63. The zero-order valence-corrected chi connectivity index (χ0v) is 10.8. The zero-order valence-electron chi connectivity index (χ0n) is 9.82. The first kappa shape index (κ1) is 36.8. The molecular weight excluding hydrogens is 200 g/mol. The van der Waals surface area contributed by atoms with E-state index in [0.717, 1.165) is 0 Å². The first-order valence-corrected chi connectivity index (χ1v) is 3.61. The van der Waals surface area contributed by atoms with Gasteiger partial charge >= 0.3 is 54.8 Å². The summed E-state index contributed by atoms with van der Waals surface area (Å²) in [7, 11) is 0. The third-order valence-corrected chi connectivity index (χ3v) is 0.816. The number of hydrogen-bond acceptors (Lipinski definition) is 1. The quantitative estimate of drug-likeness (QED) is 0.366. The van der Waals surface area contributed by atoms with Crippen LogP contribution in [-0.4, -0.2) is 0 Å². The van der Waals surface area contributed by atoms with Crippen LogP contribution in [0.1, 0.15) is 40.5 Å². The molecule has 0 aromatic carbocycles. The van der Waals surface area contributed by atoms with Crippen molar-refractivity contribution >= 4 is 0 Å². The van der Waals surface area contributed by atoms with E-state index in [0.29, 0.717) is 0 Å². The molecule has 13 heavy (non-hydrogen) atoms. The van der Waals surface area contributed by atoms with E-state index in [2.05, 4.69) is 40.5 Å². The van der Waals surface area contributed by atoms with Crippen LogP contribution in [-0.2, 0) is 17.1 Å². The van der Waals surface area contributed by atoms with Crippen molar-refractivity contribution in [2.75, 3.05) is 0 Å². The first-order valence-electron chi connectivity index (χ1n) is 3.61. The summed E-state index contributed by atoms with van der Waals surface area (Å²) >= 11 is 0. The van der Waals surface area contributed by atoms with Gasteiger partial charge in [0.05, 0.1) is 0 Å². The third-order valence-electron chi connectivity index (χ3n) is 0.816. The Labute approximate surface area is 119 Å². The Kier molecular flexibility index (Phi) is 206. The van der Waals surface area contributed by atoms with Gasteiger partial charge in [-0.2, -0.15) is 26.7 Å². The van der Waals surface area contributed by atoms with Crippen LogP contribution >= 0.6 is 0 Å². The molecule has 0 aliphatic heterocycles. The molecule has 0 aliphatic carbocycles. The van der Waals surface area contributed by atoms with Crippen LogP contribution in [0, 0.1) is 24.7 Å². The number of rotatable bonds is 2. The predicted molar refractivity (Wildman–Crippen MR) is 45.5 cm³/mol. The van der Waals surface area contributed by atoms with Crippen LogP contribution in [0.3, 0.4) is 0 Å². The van der Waals surface area contributed by atoms with E-state index in [1.165, 1.54) is 12.8 Å². The summed E-state index contributed by atoms with van der Waals surface area (Å²) in [6.07, 6.45) is 6.64. The molecular formula is C9H18CuLi2N. The van der Waals surface area contributed by atoms with Crippen LogP contribution in [0.25, 0.3) is 0 Å². The topological polar surface area (TPSA) is 23.8 Å². The number of hydrogen-bond donors (Lipinski definition) is 0. The summed E-state index contributed by atoms with van der Waals surface area (Å²) in [5, 5.41) is 6.25. The summed E-state index contributed by atoms with van der Waals surface area (Å²) in [5.41, 5.74) is 0. The van der Waals surface area contributed by atoms with Crippen LogP contribution in [0.5, 0.6) is 0 Å². The number of nitrogens with zero attached hydrogens (tertiary/aromatic N) is 1. The van der Waals surface area contributed by atoms with Gasteiger partial charge in [0.2, 0.25) is 0 Å². The van der Waals surface area contributed by atoms with Crippen molar-refractivity contribution in [3.63, 3.8) is 0 Å². The molecule has 0 bridgehead atoms. The molecule has 0 atom stereocenters. The number of unbranched alkanes of at least 4 members (excludes halogenated alkanes) is 2. The molecule has 0 saturated heterocycles. The van der Waals surface area contributed by atoms with Gasteiger partial charge in [-0.3, -0.25) is 0 Å². The first-order chi connectivity index (χ1) is 4.83. The van der Waals surface area contributed by atoms with Crippen molar-refractivity contribution < 1.29 is 54.8 Å². The molecule has 0 aromatic rings. The normalized spacial score (nSPS) is 4.77. The molecule has 0 spiro atoms.